The van der Waals surface area contributed by atoms with E-state index in [1.807, 2.05) is 0 Å². The van der Waals surface area contributed by atoms with Gasteiger partial charge in [0.15, 0.2) is 0 Å². The second-order valence-electron chi connectivity index (χ2n) is 14.1. The van der Waals surface area contributed by atoms with Crippen LogP contribution in [0, 0.1) is 0 Å². The summed E-state index contributed by atoms with van der Waals surface area (Å²) in [5.41, 5.74) is -3.11. The van der Waals surface area contributed by atoms with E-state index in [1.54, 1.807) is 0 Å². The SMILES string of the molecule is CCCCCCCCC(C)(C1(C2(OC3(C4(C(C)(CCCCCCCC)S(=O)(=O)O)CCO4)CCO3)CCO2)CCO1)S(=O)(=O)O.[NaH]. The fourth-order valence-corrected chi connectivity index (χ4v) is 10.5. The van der Waals surface area contributed by atoms with Crippen molar-refractivity contribution in [2.45, 2.75) is 176 Å². The van der Waals surface area contributed by atoms with E-state index in [0.29, 0.717) is 12.8 Å². The molecule has 4 rings (SSSR count). The van der Waals surface area contributed by atoms with E-state index in [4.69, 9.17) is 23.7 Å². The third kappa shape index (κ3) is 6.94. The molecular weight excluding hydrogens is 647 g/mol. The summed E-state index contributed by atoms with van der Waals surface area (Å²) in [6, 6.07) is 0. The first kappa shape index (κ1) is 41.0. The van der Waals surface area contributed by atoms with Crippen molar-refractivity contribution in [3.8, 4) is 0 Å². The van der Waals surface area contributed by atoms with E-state index in [1.165, 1.54) is 13.8 Å². The molecule has 0 bridgehead atoms. The van der Waals surface area contributed by atoms with Crippen molar-refractivity contribution in [2.24, 2.45) is 0 Å². The van der Waals surface area contributed by atoms with Crippen molar-refractivity contribution >= 4 is 49.8 Å². The molecule has 6 unspecified atom stereocenters. The van der Waals surface area contributed by atoms with E-state index < -0.39 is 52.5 Å². The molecule has 4 aliphatic rings. The topological polar surface area (TPSA) is 155 Å². The molecule has 266 valence electrons. The Kier molecular flexibility index (Phi) is 14.2. The van der Waals surface area contributed by atoms with Crippen LogP contribution < -0.4 is 0 Å². The molecule has 4 fully saturated rings. The summed E-state index contributed by atoms with van der Waals surface area (Å²) in [5.74, 6) is -3.27. The zero-order valence-electron chi connectivity index (χ0n) is 27.9. The summed E-state index contributed by atoms with van der Waals surface area (Å²) in [6.45, 7) is 8.32. The van der Waals surface area contributed by atoms with Crippen molar-refractivity contribution in [1.29, 1.82) is 0 Å². The van der Waals surface area contributed by atoms with E-state index in [0.717, 1.165) is 64.2 Å². The number of ether oxygens (including phenoxy) is 5. The van der Waals surface area contributed by atoms with Gasteiger partial charge in [0.05, 0.1) is 26.4 Å². The Morgan fingerprint density at radius 2 is 0.848 bits per heavy atom. The molecule has 6 atom stereocenters. The van der Waals surface area contributed by atoms with Crippen LogP contribution >= 0.6 is 0 Å². The Balaban J connectivity index is 0.00000576. The molecule has 0 aromatic carbocycles. The van der Waals surface area contributed by atoms with Crippen LogP contribution in [0.4, 0.5) is 0 Å². The number of hydrogen-bond acceptors (Lipinski definition) is 9. The van der Waals surface area contributed by atoms with Gasteiger partial charge in [0.1, 0.15) is 20.7 Å². The molecule has 4 saturated heterocycles. The summed E-state index contributed by atoms with van der Waals surface area (Å²) in [5, 5.41) is 0. The first-order chi connectivity index (χ1) is 21.2. The fraction of sp³-hybridized carbons (Fsp3) is 1.00. The molecule has 0 spiro atoms. The Labute approximate surface area is 299 Å². The van der Waals surface area contributed by atoms with Gasteiger partial charge in [0.25, 0.3) is 20.2 Å². The predicted octanol–water partition coefficient (Wildman–Crippen LogP) is 5.70. The average molecular weight is 707 g/mol. The molecule has 0 saturated carbocycles. The zero-order chi connectivity index (χ0) is 33.1. The standard InChI is InChI=1S/C32H58O11S2.Na.H/c1-5-7-9-11-13-15-17-27(3,44(33,34)35)29(19-23-39-29)31(21-25-41-31)43-32(22-26-42-32)30(20-24-40-30)28(4,45(36,37)38)18-16-14-12-10-8-6-2;;/h5-26H2,1-4H3,(H,33,34,35)(H,36,37,38);;. The van der Waals surface area contributed by atoms with Gasteiger partial charge in [-0.1, -0.05) is 90.9 Å². The molecule has 46 heavy (non-hydrogen) atoms. The minimum absolute atomic E-state index is 0. The summed E-state index contributed by atoms with van der Waals surface area (Å²) >= 11 is 0. The second-order valence-corrected chi connectivity index (χ2v) is 17.8. The van der Waals surface area contributed by atoms with Crippen LogP contribution in [0.5, 0.6) is 0 Å². The summed E-state index contributed by atoms with van der Waals surface area (Å²) in [7, 11) is -9.35. The Bertz CT molecular complexity index is 1100. The third-order valence-corrected chi connectivity index (χ3v) is 14.9. The molecule has 14 heteroatoms. The molecule has 11 nitrogen and oxygen atoms in total. The predicted molar refractivity (Wildman–Crippen MR) is 177 cm³/mol. The first-order valence-electron chi connectivity index (χ1n) is 17.4. The monoisotopic (exact) mass is 706 g/mol. The summed E-state index contributed by atoms with van der Waals surface area (Å²) in [6.07, 6.45) is 12.5. The van der Waals surface area contributed by atoms with Crippen LogP contribution in [-0.2, 0) is 43.9 Å². The van der Waals surface area contributed by atoms with Crippen molar-refractivity contribution in [2.75, 3.05) is 26.4 Å². The van der Waals surface area contributed by atoms with E-state index in [9.17, 15) is 25.9 Å². The van der Waals surface area contributed by atoms with Gasteiger partial charge >= 0.3 is 29.6 Å². The summed E-state index contributed by atoms with van der Waals surface area (Å²) < 4.78 is 103. The average Bonchev–Trinajstić information content (AvgIpc) is 2.86. The molecule has 4 aliphatic heterocycles. The molecule has 0 aliphatic carbocycles. The van der Waals surface area contributed by atoms with E-state index in [2.05, 4.69) is 13.8 Å². The fourth-order valence-electron chi connectivity index (χ4n) is 8.22. The van der Waals surface area contributed by atoms with Crippen LogP contribution in [0.25, 0.3) is 0 Å². The number of unbranched alkanes of at least 4 members (excludes halogenated alkanes) is 10. The van der Waals surface area contributed by atoms with Gasteiger partial charge in [0.2, 0.25) is 11.6 Å². The van der Waals surface area contributed by atoms with Gasteiger partial charge in [-0.25, -0.2) is 0 Å². The van der Waals surface area contributed by atoms with Gasteiger partial charge in [0, 0.05) is 25.7 Å². The van der Waals surface area contributed by atoms with Crippen LogP contribution in [0.3, 0.4) is 0 Å². The second kappa shape index (κ2) is 15.9. The maximum absolute atomic E-state index is 13.3. The normalized spacial score (nSPS) is 33.7. The third-order valence-electron chi connectivity index (χ3n) is 11.6. The minimum atomic E-state index is -4.68. The zero-order valence-corrected chi connectivity index (χ0v) is 29.6. The van der Waals surface area contributed by atoms with Crippen molar-refractivity contribution in [3.63, 3.8) is 0 Å². The Morgan fingerprint density at radius 1 is 0.565 bits per heavy atom. The number of hydrogen-bond donors (Lipinski definition) is 2. The van der Waals surface area contributed by atoms with Gasteiger partial charge in [-0.2, -0.15) is 16.8 Å². The van der Waals surface area contributed by atoms with Crippen molar-refractivity contribution in [3.05, 3.63) is 0 Å². The van der Waals surface area contributed by atoms with Gasteiger partial charge in [-0.05, 0) is 26.7 Å². The quantitative estimate of drug-likeness (QED) is 0.0809. The first-order valence-corrected chi connectivity index (χ1v) is 20.2. The van der Waals surface area contributed by atoms with Crippen LogP contribution in [0.2, 0.25) is 0 Å². The molecule has 0 aromatic rings. The molecule has 0 radical (unpaired) electrons. The van der Waals surface area contributed by atoms with Crippen LogP contribution in [0.1, 0.15) is 143 Å². The van der Waals surface area contributed by atoms with Crippen LogP contribution in [0.15, 0.2) is 0 Å². The van der Waals surface area contributed by atoms with Crippen LogP contribution in [-0.4, -0.2) is 114 Å². The van der Waals surface area contributed by atoms with Gasteiger partial charge in [-0.15, -0.1) is 0 Å². The van der Waals surface area contributed by atoms with E-state index >= 15 is 0 Å². The number of rotatable bonds is 22. The maximum atomic E-state index is 13.3. The Morgan fingerprint density at radius 3 is 1.07 bits per heavy atom. The van der Waals surface area contributed by atoms with E-state index in [-0.39, 0.29) is 94.5 Å². The van der Waals surface area contributed by atoms with Crippen molar-refractivity contribution < 1.29 is 49.6 Å². The van der Waals surface area contributed by atoms with Crippen molar-refractivity contribution in [1.82, 2.24) is 0 Å². The molecule has 0 amide bonds. The molecule has 4 heterocycles. The Hall–Kier alpha value is 0.620. The summed E-state index contributed by atoms with van der Waals surface area (Å²) in [4.78, 5) is 0. The van der Waals surface area contributed by atoms with Gasteiger partial charge < -0.3 is 23.7 Å². The van der Waals surface area contributed by atoms with Gasteiger partial charge in [-0.3, -0.25) is 9.11 Å². The molecule has 2 N–H and O–H groups in total. The molecule has 0 aromatic heterocycles. The molecular formula is C32H59NaO11S2.